The van der Waals surface area contributed by atoms with Gasteiger partial charge in [-0.2, -0.15) is 0 Å². The lowest BCUT2D eigenvalue weighted by atomic mass is 9.63. The Morgan fingerprint density at radius 3 is 1.57 bits per heavy atom. The highest BCUT2D eigenvalue weighted by atomic mass is 14.9. The Balaban J connectivity index is 1.81. The molecular formula is C27H51N. The summed E-state index contributed by atoms with van der Waals surface area (Å²) in [6, 6.07) is 0.805. The molecule has 0 amide bonds. The summed E-state index contributed by atoms with van der Waals surface area (Å²) in [5, 5.41) is 4.08. The zero-order valence-corrected chi connectivity index (χ0v) is 19.5. The molecule has 0 radical (unpaired) electrons. The Bertz CT molecular complexity index is 414. The fraction of sp³-hybridized carbons (Fsp3) is 1.00. The Morgan fingerprint density at radius 1 is 0.500 bits per heavy atom. The molecule has 3 rings (SSSR count). The summed E-state index contributed by atoms with van der Waals surface area (Å²) in [6.07, 6.45) is 28.1. The fourth-order valence-electron chi connectivity index (χ4n) is 6.89. The molecule has 0 aromatic rings. The molecule has 2 aliphatic carbocycles. The van der Waals surface area contributed by atoms with Crippen LogP contribution in [0, 0.1) is 23.2 Å². The van der Waals surface area contributed by atoms with E-state index >= 15 is 0 Å². The Kier molecular flexibility index (Phi) is 9.68. The van der Waals surface area contributed by atoms with Gasteiger partial charge in [0.05, 0.1) is 0 Å². The van der Waals surface area contributed by atoms with E-state index in [4.69, 9.17) is 0 Å². The summed E-state index contributed by atoms with van der Waals surface area (Å²) >= 11 is 0. The van der Waals surface area contributed by atoms with Gasteiger partial charge in [0.2, 0.25) is 0 Å². The molecule has 4 atom stereocenters. The minimum atomic E-state index is 0.551. The van der Waals surface area contributed by atoms with Gasteiger partial charge >= 0.3 is 0 Å². The first-order valence-corrected chi connectivity index (χ1v) is 13.4. The van der Waals surface area contributed by atoms with Crippen molar-refractivity contribution in [2.45, 2.75) is 142 Å². The molecule has 2 saturated carbocycles. The smallest absolute Gasteiger partial charge is 0.00671 e. The van der Waals surface area contributed by atoms with E-state index in [2.05, 4.69) is 19.2 Å². The van der Waals surface area contributed by atoms with Gasteiger partial charge in [-0.25, -0.2) is 0 Å². The van der Waals surface area contributed by atoms with Crippen LogP contribution in [0.1, 0.15) is 136 Å². The third-order valence-electron chi connectivity index (χ3n) is 9.09. The largest absolute Gasteiger partial charge is 0.314 e. The van der Waals surface area contributed by atoms with Gasteiger partial charge in [0, 0.05) is 6.04 Å². The van der Waals surface area contributed by atoms with Gasteiger partial charge in [-0.1, -0.05) is 84.5 Å². The maximum atomic E-state index is 4.08. The molecule has 4 bridgehead atoms. The fourth-order valence-corrected chi connectivity index (χ4v) is 6.89. The van der Waals surface area contributed by atoms with Crippen LogP contribution in [-0.2, 0) is 0 Å². The number of hydrogen-bond donors (Lipinski definition) is 1. The van der Waals surface area contributed by atoms with Crippen LogP contribution >= 0.6 is 0 Å². The number of nitrogens with one attached hydrogen (secondary N) is 1. The molecule has 4 unspecified atom stereocenters. The Labute approximate surface area is 177 Å². The minimum Gasteiger partial charge on any atom is -0.314 e. The summed E-state index contributed by atoms with van der Waals surface area (Å²) in [6.45, 7) is 6.67. The van der Waals surface area contributed by atoms with Crippen molar-refractivity contribution in [1.29, 1.82) is 0 Å². The third-order valence-corrected chi connectivity index (χ3v) is 9.09. The molecule has 0 aromatic carbocycles. The number of hydrogen-bond acceptors (Lipinski definition) is 1. The molecular weight excluding hydrogens is 338 g/mol. The molecule has 1 aliphatic heterocycles. The van der Waals surface area contributed by atoms with Gasteiger partial charge in [0.1, 0.15) is 0 Å². The molecule has 1 saturated heterocycles. The van der Waals surface area contributed by atoms with E-state index in [0.29, 0.717) is 5.41 Å². The number of rotatable bonds is 0. The second-order valence-electron chi connectivity index (χ2n) is 11.4. The van der Waals surface area contributed by atoms with E-state index < -0.39 is 0 Å². The SMILES string of the molecule is CC1(C)C2CCCCCCC(CCCC2)NCC2CCCCCCC1CCC2. The summed E-state index contributed by atoms with van der Waals surface area (Å²) in [7, 11) is 0. The zero-order valence-electron chi connectivity index (χ0n) is 19.5. The highest BCUT2D eigenvalue weighted by Gasteiger charge is 2.36. The molecule has 3 aliphatic rings. The van der Waals surface area contributed by atoms with Gasteiger partial charge in [-0.05, 0) is 81.1 Å². The van der Waals surface area contributed by atoms with E-state index in [9.17, 15) is 0 Å². The normalized spacial score (nSPS) is 37.1. The van der Waals surface area contributed by atoms with Crippen LogP contribution in [0.2, 0.25) is 0 Å². The van der Waals surface area contributed by atoms with Gasteiger partial charge in [0.15, 0.2) is 0 Å². The summed E-state index contributed by atoms with van der Waals surface area (Å²) in [5.41, 5.74) is 0.551. The summed E-state index contributed by atoms with van der Waals surface area (Å²) < 4.78 is 0. The molecule has 1 heteroatoms. The average molecular weight is 390 g/mol. The lowest BCUT2D eigenvalue weighted by Crippen LogP contribution is -2.35. The molecule has 0 aromatic heterocycles. The van der Waals surface area contributed by atoms with Crippen molar-refractivity contribution in [1.82, 2.24) is 5.32 Å². The molecule has 0 spiro atoms. The van der Waals surface area contributed by atoms with E-state index in [-0.39, 0.29) is 0 Å². The lowest BCUT2D eigenvalue weighted by molar-refractivity contribution is 0.0761. The first-order valence-electron chi connectivity index (χ1n) is 13.4. The zero-order chi connectivity index (χ0) is 19.7. The van der Waals surface area contributed by atoms with E-state index in [0.717, 1.165) is 23.8 Å². The van der Waals surface area contributed by atoms with E-state index in [1.807, 2.05) is 0 Å². The van der Waals surface area contributed by atoms with Crippen LogP contribution in [0.3, 0.4) is 0 Å². The Hall–Kier alpha value is -0.0400. The highest BCUT2D eigenvalue weighted by molar-refractivity contribution is 4.87. The van der Waals surface area contributed by atoms with Crippen LogP contribution in [0.4, 0.5) is 0 Å². The second kappa shape index (κ2) is 12.0. The van der Waals surface area contributed by atoms with Crippen LogP contribution in [-0.4, -0.2) is 12.6 Å². The van der Waals surface area contributed by atoms with Crippen molar-refractivity contribution in [3.8, 4) is 0 Å². The maximum Gasteiger partial charge on any atom is 0.00671 e. The van der Waals surface area contributed by atoms with Gasteiger partial charge < -0.3 is 5.32 Å². The highest BCUT2D eigenvalue weighted by Crippen LogP contribution is 2.46. The maximum absolute atomic E-state index is 4.08. The van der Waals surface area contributed by atoms with Crippen molar-refractivity contribution in [2.24, 2.45) is 23.2 Å². The minimum absolute atomic E-state index is 0.551. The van der Waals surface area contributed by atoms with Crippen molar-refractivity contribution in [3.05, 3.63) is 0 Å². The third kappa shape index (κ3) is 7.03. The molecule has 1 nitrogen and oxygen atoms in total. The molecule has 1 heterocycles. The van der Waals surface area contributed by atoms with E-state index in [1.54, 1.807) is 0 Å². The van der Waals surface area contributed by atoms with Crippen molar-refractivity contribution < 1.29 is 0 Å². The predicted molar refractivity (Wildman–Crippen MR) is 124 cm³/mol. The molecule has 1 N–H and O–H groups in total. The van der Waals surface area contributed by atoms with Gasteiger partial charge in [-0.3, -0.25) is 0 Å². The van der Waals surface area contributed by atoms with Crippen LogP contribution in [0.15, 0.2) is 0 Å². The first kappa shape index (κ1) is 22.6. The van der Waals surface area contributed by atoms with Gasteiger partial charge in [-0.15, -0.1) is 0 Å². The Morgan fingerprint density at radius 2 is 0.929 bits per heavy atom. The van der Waals surface area contributed by atoms with Crippen LogP contribution < -0.4 is 5.32 Å². The van der Waals surface area contributed by atoms with Crippen LogP contribution in [0.25, 0.3) is 0 Å². The lowest BCUT2D eigenvalue weighted by Gasteiger charge is -2.42. The van der Waals surface area contributed by atoms with Gasteiger partial charge in [0.25, 0.3) is 0 Å². The topological polar surface area (TPSA) is 12.0 Å². The number of fused-ring (bicyclic) bond motifs is 9. The first-order chi connectivity index (χ1) is 13.7. The standard InChI is InChI=1S/C27H51N/c1-27(2)24-16-9-5-6-10-20-26(21-12-11-18-24)28-22-23-14-7-3-4-8-17-25(27)19-13-15-23/h23-26,28H,3-22H2,1-2H3. The molecule has 164 valence electrons. The summed E-state index contributed by atoms with van der Waals surface area (Å²) in [4.78, 5) is 0. The van der Waals surface area contributed by atoms with Crippen LogP contribution in [0.5, 0.6) is 0 Å². The molecule has 3 fully saturated rings. The quantitative estimate of drug-likeness (QED) is 0.439. The monoisotopic (exact) mass is 389 g/mol. The summed E-state index contributed by atoms with van der Waals surface area (Å²) in [5.74, 6) is 2.87. The average Bonchev–Trinajstić information content (AvgIpc) is 2.72. The predicted octanol–water partition coefficient (Wildman–Crippen LogP) is 8.27. The molecule has 28 heavy (non-hydrogen) atoms. The van der Waals surface area contributed by atoms with E-state index in [1.165, 1.54) is 129 Å². The van der Waals surface area contributed by atoms with Crippen molar-refractivity contribution >= 4 is 0 Å². The van der Waals surface area contributed by atoms with Crippen molar-refractivity contribution in [3.63, 3.8) is 0 Å². The van der Waals surface area contributed by atoms with Crippen molar-refractivity contribution in [2.75, 3.05) is 6.54 Å². The second-order valence-corrected chi connectivity index (χ2v) is 11.4.